The van der Waals surface area contributed by atoms with Gasteiger partial charge in [-0.25, -0.2) is 13.1 Å². The van der Waals surface area contributed by atoms with E-state index >= 15 is 0 Å². The number of benzene rings is 1. The van der Waals surface area contributed by atoms with Crippen molar-refractivity contribution in [3.63, 3.8) is 0 Å². The molecule has 1 aliphatic heterocycles. The lowest BCUT2D eigenvalue weighted by Gasteiger charge is -2.32. The van der Waals surface area contributed by atoms with Crippen LogP contribution in [0.15, 0.2) is 24.3 Å². The van der Waals surface area contributed by atoms with Crippen LogP contribution in [0, 0.1) is 0 Å². The van der Waals surface area contributed by atoms with E-state index in [0.717, 1.165) is 5.56 Å². The van der Waals surface area contributed by atoms with Crippen molar-refractivity contribution in [3.05, 3.63) is 29.8 Å². The van der Waals surface area contributed by atoms with Crippen molar-refractivity contribution in [2.45, 2.75) is 45.1 Å². The zero-order chi connectivity index (χ0) is 17.6. The van der Waals surface area contributed by atoms with Gasteiger partial charge in [-0.15, -0.1) is 12.4 Å². The summed E-state index contributed by atoms with van der Waals surface area (Å²) in [7, 11) is -3.19. The van der Waals surface area contributed by atoms with Crippen molar-refractivity contribution in [3.8, 4) is 0 Å². The molecule has 1 aromatic carbocycles. The number of aryl methyl sites for hydroxylation is 1. The Morgan fingerprint density at radius 2 is 1.92 bits per heavy atom. The summed E-state index contributed by atoms with van der Waals surface area (Å²) in [6, 6.07) is 7.52. The minimum Gasteiger partial charge on any atom is -0.399 e. The molecule has 1 fully saturated rings. The van der Waals surface area contributed by atoms with E-state index in [2.05, 4.69) is 4.72 Å². The second-order valence-corrected chi connectivity index (χ2v) is 8.16. The molecule has 6 nitrogen and oxygen atoms in total. The van der Waals surface area contributed by atoms with E-state index in [1.165, 1.54) is 0 Å². The lowest BCUT2D eigenvalue weighted by atomic mass is 10.0. The summed E-state index contributed by atoms with van der Waals surface area (Å²) in [5, 5.41) is 0. The number of para-hydroxylation sites is 1. The molecular weight excluding hydrogens is 362 g/mol. The maximum Gasteiger partial charge on any atom is 0.222 e. The van der Waals surface area contributed by atoms with Crippen LogP contribution in [0.2, 0.25) is 0 Å². The van der Waals surface area contributed by atoms with Crippen LogP contribution in [-0.2, 0) is 21.2 Å². The molecule has 142 valence electrons. The van der Waals surface area contributed by atoms with Crippen molar-refractivity contribution in [2.24, 2.45) is 0 Å². The molecule has 2 rings (SSSR count). The predicted octanol–water partition coefficient (Wildman–Crippen LogP) is 1.94. The number of carbonyl (C=O) groups is 1. The summed E-state index contributed by atoms with van der Waals surface area (Å²) in [6.45, 7) is 3.05. The molecule has 0 aliphatic carbocycles. The van der Waals surface area contributed by atoms with Gasteiger partial charge in [0.05, 0.1) is 5.75 Å². The summed E-state index contributed by atoms with van der Waals surface area (Å²) in [5.41, 5.74) is 7.61. The van der Waals surface area contributed by atoms with Gasteiger partial charge in [-0.2, -0.15) is 0 Å². The van der Waals surface area contributed by atoms with Gasteiger partial charge in [0.25, 0.3) is 0 Å². The molecule has 0 atom stereocenters. The number of halogens is 1. The molecule has 0 aromatic heterocycles. The zero-order valence-electron chi connectivity index (χ0n) is 14.6. The monoisotopic (exact) mass is 389 g/mol. The second kappa shape index (κ2) is 9.99. The first-order valence-electron chi connectivity index (χ1n) is 8.52. The highest BCUT2D eigenvalue weighted by Gasteiger charge is 2.25. The van der Waals surface area contributed by atoms with E-state index in [1.54, 1.807) is 0 Å². The topological polar surface area (TPSA) is 92.5 Å². The maximum atomic E-state index is 12.3. The Hall–Kier alpha value is -1.31. The molecule has 1 amide bonds. The van der Waals surface area contributed by atoms with Gasteiger partial charge in [-0.3, -0.25) is 4.79 Å². The van der Waals surface area contributed by atoms with Crippen LogP contribution in [0.5, 0.6) is 0 Å². The minimum atomic E-state index is -3.19. The number of hydrogen-bond donors (Lipinski definition) is 2. The molecular formula is C17H28ClN3O3S. The lowest BCUT2D eigenvalue weighted by molar-refractivity contribution is -0.132. The van der Waals surface area contributed by atoms with Gasteiger partial charge < -0.3 is 10.6 Å². The number of nitrogens with one attached hydrogen (secondary N) is 1. The van der Waals surface area contributed by atoms with Crippen molar-refractivity contribution >= 4 is 34.0 Å². The largest absolute Gasteiger partial charge is 0.399 e. The molecule has 3 N–H and O–H groups in total. The summed E-state index contributed by atoms with van der Waals surface area (Å²) in [5.74, 6) is 0.262. The van der Waals surface area contributed by atoms with Gasteiger partial charge in [0.15, 0.2) is 0 Å². The smallest absolute Gasteiger partial charge is 0.222 e. The average Bonchev–Trinajstić information content (AvgIpc) is 2.54. The van der Waals surface area contributed by atoms with E-state index in [1.807, 2.05) is 36.1 Å². The Morgan fingerprint density at radius 1 is 1.28 bits per heavy atom. The summed E-state index contributed by atoms with van der Waals surface area (Å²) >= 11 is 0. The predicted molar refractivity (Wildman–Crippen MR) is 103 cm³/mol. The van der Waals surface area contributed by atoms with Crippen molar-refractivity contribution in [2.75, 3.05) is 24.6 Å². The molecule has 1 saturated heterocycles. The summed E-state index contributed by atoms with van der Waals surface area (Å²) < 4.78 is 26.3. The number of sulfonamides is 1. The Kier molecular flexibility index (Phi) is 8.68. The fraction of sp³-hybridized carbons (Fsp3) is 0.588. The fourth-order valence-electron chi connectivity index (χ4n) is 2.99. The molecule has 25 heavy (non-hydrogen) atoms. The van der Waals surface area contributed by atoms with E-state index in [4.69, 9.17) is 5.73 Å². The number of piperidine rings is 1. The molecule has 0 radical (unpaired) electrons. The quantitative estimate of drug-likeness (QED) is 0.697. The van der Waals surface area contributed by atoms with Crippen LogP contribution in [0.1, 0.15) is 38.2 Å². The Labute approximate surface area is 156 Å². The van der Waals surface area contributed by atoms with Crippen molar-refractivity contribution in [1.29, 1.82) is 0 Å². The van der Waals surface area contributed by atoms with Crippen molar-refractivity contribution < 1.29 is 13.2 Å². The van der Waals surface area contributed by atoms with Crippen LogP contribution in [-0.4, -0.2) is 44.1 Å². The number of nitrogens with zero attached hydrogens (tertiary/aromatic N) is 1. The highest BCUT2D eigenvalue weighted by Crippen LogP contribution is 2.16. The number of hydrogen-bond acceptors (Lipinski definition) is 4. The highest BCUT2D eigenvalue weighted by molar-refractivity contribution is 7.89. The van der Waals surface area contributed by atoms with Crippen LogP contribution in [0.3, 0.4) is 0 Å². The normalized spacial score (nSPS) is 15.6. The van der Waals surface area contributed by atoms with Crippen LogP contribution < -0.4 is 10.5 Å². The first kappa shape index (κ1) is 21.7. The maximum absolute atomic E-state index is 12.3. The number of nitrogens with two attached hydrogens (primary N) is 1. The second-order valence-electron chi connectivity index (χ2n) is 6.29. The Bertz CT molecular complexity index is 659. The molecule has 0 bridgehead atoms. The first-order valence-corrected chi connectivity index (χ1v) is 10.2. The molecule has 0 spiro atoms. The van der Waals surface area contributed by atoms with Gasteiger partial charge in [0.1, 0.15) is 0 Å². The average molecular weight is 390 g/mol. The zero-order valence-corrected chi connectivity index (χ0v) is 16.2. The third-order valence-electron chi connectivity index (χ3n) is 4.33. The summed E-state index contributed by atoms with van der Waals surface area (Å²) in [4.78, 5) is 14.1. The van der Waals surface area contributed by atoms with Crippen LogP contribution >= 0.6 is 12.4 Å². The Balaban J connectivity index is 0.00000312. The molecule has 0 unspecified atom stereocenters. The molecule has 0 saturated carbocycles. The van der Waals surface area contributed by atoms with Gasteiger partial charge in [-0.1, -0.05) is 25.1 Å². The fourth-order valence-corrected chi connectivity index (χ4v) is 4.39. The minimum absolute atomic E-state index is 0. The number of amides is 1. The number of anilines is 1. The van der Waals surface area contributed by atoms with Gasteiger partial charge >= 0.3 is 0 Å². The number of nitrogen functional groups attached to an aromatic ring is 1. The summed E-state index contributed by atoms with van der Waals surface area (Å²) in [6.07, 6.45) is 3.01. The van der Waals surface area contributed by atoms with Gasteiger partial charge in [0, 0.05) is 31.2 Å². The molecule has 8 heteroatoms. The lowest BCUT2D eigenvalue weighted by Crippen LogP contribution is -2.47. The molecule has 1 aliphatic rings. The van der Waals surface area contributed by atoms with Crippen LogP contribution in [0.25, 0.3) is 0 Å². The van der Waals surface area contributed by atoms with Crippen LogP contribution in [0.4, 0.5) is 5.69 Å². The third kappa shape index (κ3) is 6.84. The SMILES string of the molecule is CCCS(=O)(=O)NC1CCN(C(=O)CCc2ccccc2N)CC1.Cl. The third-order valence-corrected chi connectivity index (χ3v) is 5.97. The van der Waals surface area contributed by atoms with E-state index in [9.17, 15) is 13.2 Å². The molecule has 1 aromatic rings. The number of likely N-dealkylation sites (tertiary alicyclic amines) is 1. The van der Waals surface area contributed by atoms with Gasteiger partial charge in [-0.05, 0) is 37.3 Å². The first-order chi connectivity index (χ1) is 11.4. The number of rotatable bonds is 7. The standard InChI is InChI=1S/C17H27N3O3S.ClH/c1-2-13-24(22,23)19-15-9-11-20(12-10-15)17(21)8-7-14-5-3-4-6-16(14)18;/h3-6,15,19H,2,7-13,18H2,1H3;1H. The van der Waals surface area contributed by atoms with E-state index < -0.39 is 10.0 Å². The van der Waals surface area contributed by atoms with E-state index in [-0.39, 0.29) is 30.1 Å². The van der Waals surface area contributed by atoms with Crippen molar-refractivity contribution in [1.82, 2.24) is 9.62 Å². The van der Waals surface area contributed by atoms with E-state index in [0.29, 0.717) is 50.9 Å². The Morgan fingerprint density at radius 3 is 2.52 bits per heavy atom. The van der Waals surface area contributed by atoms with Gasteiger partial charge in [0.2, 0.25) is 15.9 Å². The highest BCUT2D eigenvalue weighted by atomic mass is 35.5. The molecule has 1 heterocycles. The number of carbonyl (C=O) groups excluding carboxylic acids is 1.